The molecule has 1 rings (SSSR count). The van der Waals surface area contributed by atoms with Crippen molar-refractivity contribution in [1.29, 1.82) is 0 Å². The van der Waals surface area contributed by atoms with Crippen molar-refractivity contribution >= 4 is 35.3 Å². The van der Waals surface area contributed by atoms with E-state index in [1.807, 2.05) is 0 Å². The highest BCUT2D eigenvalue weighted by atomic mass is 35.5. The molecule has 0 spiro atoms. The summed E-state index contributed by atoms with van der Waals surface area (Å²) in [5, 5.41) is 14.2. The summed E-state index contributed by atoms with van der Waals surface area (Å²) in [5.41, 5.74) is 0.428. The molecule has 1 aromatic carbocycles. The molecule has 0 saturated carbocycles. The van der Waals surface area contributed by atoms with Gasteiger partial charge in [-0.15, -0.1) is 0 Å². The molecule has 0 saturated heterocycles. The van der Waals surface area contributed by atoms with Crippen LogP contribution in [0, 0.1) is 0 Å². The highest BCUT2D eigenvalue weighted by molar-refractivity contribution is 6.30. The number of anilines is 1. The van der Waals surface area contributed by atoms with E-state index in [1.165, 1.54) is 13.2 Å². The molecule has 1 atom stereocenters. The monoisotopic (exact) mass is 314 g/mol. The van der Waals surface area contributed by atoms with Crippen LogP contribution in [0.15, 0.2) is 24.3 Å². The van der Waals surface area contributed by atoms with Crippen molar-refractivity contribution in [2.75, 3.05) is 12.4 Å². The Morgan fingerprint density at radius 2 is 2.10 bits per heavy atom. The molecular formula is C13H15ClN2O5. The normalized spacial score (nSPS) is 11.3. The number of ether oxygens (including phenoxy) is 1. The molecule has 1 aromatic rings. The number of methoxy groups -OCH3 is 1. The van der Waals surface area contributed by atoms with E-state index in [1.54, 1.807) is 18.2 Å². The average Bonchev–Trinajstić information content (AvgIpc) is 2.42. The minimum Gasteiger partial charge on any atom is -0.480 e. The van der Waals surface area contributed by atoms with Gasteiger partial charge in [-0.1, -0.05) is 17.7 Å². The van der Waals surface area contributed by atoms with Crippen LogP contribution < -0.4 is 10.6 Å². The van der Waals surface area contributed by atoms with Gasteiger partial charge in [0.1, 0.15) is 6.04 Å². The SMILES string of the molecule is COC(=O)CC[C@@H](NC(=O)Nc1cccc(Cl)c1)C(=O)O. The molecule has 0 aliphatic heterocycles. The number of carboxylic acid groups (broad SMARTS) is 1. The Morgan fingerprint density at radius 1 is 1.38 bits per heavy atom. The van der Waals surface area contributed by atoms with Gasteiger partial charge < -0.3 is 20.5 Å². The number of amides is 2. The van der Waals surface area contributed by atoms with E-state index < -0.39 is 24.0 Å². The third kappa shape index (κ3) is 6.13. The molecule has 0 aliphatic rings. The number of esters is 1. The Bertz CT molecular complexity index is 535. The lowest BCUT2D eigenvalue weighted by Crippen LogP contribution is -2.43. The van der Waals surface area contributed by atoms with Gasteiger partial charge in [-0.25, -0.2) is 9.59 Å². The molecule has 0 aromatic heterocycles. The van der Waals surface area contributed by atoms with Crippen molar-refractivity contribution in [1.82, 2.24) is 5.32 Å². The smallest absolute Gasteiger partial charge is 0.326 e. The Kier molecular flexibility index (Phi) is 6.48. The van der Waals surface area contributed by atoms with Gasteiger partial charge in [0.2, 0.25) is 0 Å². The number of halogens is 1. The molecule has 3 N–H and O–H groups in total. The van der Waals surface area contributed by atoms with E-state index in [4.69, 9.17) is 16.7 Å². The van der Waals surface area contributed by atoms with E-state index in [0.717, 1.165) is 0 Å². The lowest BCUT2D eigenvalue weighted by Gasteiger charge is -2.14. The minimum atomic E-state index is -1.24. The zero-order chi connectivity index (χ0) is 15.8. The topological polar surface area (TPSA) is 105 Å². The fourth-order valence-electron chi connectivity index (χ4n) is 1.51. The Balaban J connectivity index is 2.56. The molecule has 0 unspecified atom stereocenters. The van der Waals surface area contributed by atoms with Crippen LogP contribution in [0.5, 0.6) is 0 Å². The van der Waals surface area contributed by atoms with Crippen molar-refractivity contribution in [3.63, 3.8) is 0 Å². The van der Waals surface area contributed by atoms with Crippen molar-refractivity contribution in [2.45, 2.75) is 18.9 Å². The van der Waals surface area contributed by atoms with Gasteiger partial charge in [-0.2, -0.15) is 0 Å². The van der Waals surface area contributed by atoms with E-state index in [-0.39, 0.29) is 12.8 Å². The first-order chi connectivity index (χ1) is 9.92. The van der Waals surface area contributed by atoms with E-state index >= 15 is 0 Å². The molecule has 21 heavy (non-hydrogen) atoms. The van der Waals surface area contributed by atoms with Crippen LogP contribution in [0.3, 0.4) is 0 Å². The van der Waals surface area contributed by atoms with Gasteiger partial charge in [0.15, 0.2) is 0 Å². The predicted molar refractivity (Wildman–Crippen MR) is 76.3 cm³/mol. The molecule has 0 heterocycles. The summed E-state index contributed by atoms with van der Waals surface area (Å²) in [7, 11) is 1.21. The summed E-state index contributed by atoms with van der Waals surface area (Å²) < 4.78 is 4.42. The molecule has 0 fully saturated rings. The lowest BCUT2D eigenvalue weighted by atomic mass is 10.1. The third-order valence-electron chi connectivity index (χ3n) is 2.55. The Labute approximate surface area is 126 Å². The number of hydrogen-bond donors (Lipinski definition) is 3. The fourth-order valence-corrected chi connectivity index (χ4v) is 1.70. The molecule has 0 bridgehead atoms. The summed E-state index contributed by atoms with van der Waals surface area (Å²) in [4.78, 5) is 33.7. The van der Waals surface area contributed by atoms with Gasteiger partial charge >= 0.3 is 18.0 Å². The average molecular weight is 315 g/mol. The second-order valence-corrected chi connectivity index (χ2v) is 4.55. The summed E-state index contributed by atoms with van der Waals surface area (Å²) >= 11 is 5.77. The zero-order valence-corrected chi connectivity index (χ0v) is 12.0. The summed E-state index contributed by atoms with van der Waals surface area (Å²) in [6, 6.07) is 4.52. The van der Waals surface area contributed by atoms with Gasteiger partial charge in [-0.05, 0) is 24.6 Å². The Morgan fingerprint density at radius 3 is 2.67 bits per heavy atom. The van der Waals surface area contributed by atoms with Gasteiger partial charge in [0.25, 0.3) is 0 Å². The standard InChI is InChI=1S/C13H15ClN2O5/c1-21-11(17)6-5-10(12(18)19)16-13(20)15-9-4-2-3-8(14)7-9/h2-4,7,10H,5-6H2,1H3,(H,18,19)(H2,15,16,20)/t10-/m1/s1. The van der Waals surface area contributed by atoms with Crippen LogP contribution in [-0.2, 0) is 14.3 Å². The third-order valence-corrected chi connectivity index (χ3v) is 2.79. The molecule has 8 heteroatoms. The van der Waals surface area contributed by atoms with Crippen molar-refractivity contribution in [2.24, 2.45) is 0 Å². The van der Waals surface area contributed by atoms with Crippen LogP contribution in [0.4, 0.5) is 10.5 Å². The molecule has 0 aliphatic carbocycles. The quantitative estimate of drug-likeness (QED) is 0.695. The van der Waals surface area contributed by atoms with Crippen LogP contribution >= 0.6 is 11.6 Å². The maximum atomic E-state index is 11.7. The number of carbonyl (C=O) groups is 3. The van der Waals surface area contributed by atoms with Crippen molar-refractivity contribution < 1.29 is 24.2 Å². The number of carbonyl (C=O) groups excluding carboxylic acids is 2. The second-order valence-electron chi connectivity index (χ2n) is 4.11. The largest absolute Gasteiger partial charge is 0.480 e. The first-order valence-electron chi connectivity index (χ1n) is 6.05. The second kappa shape index (κ2) is 8.11. The number of rotatable bonds is 6. The Hall–Kier alpha value is -2.28. The van der Waals surface area contributed by atoms with E-state index in [0.29, 0.717) is 10.7 Å². The van der Waals surface area contributed by atoms with Crippen LogP contribution in [0.2, 0.25) is 5.02 Å². The first-order valence-corrected chi connectivity index (χ1v) is 6.43. The maximum absolute atomic E-state index is 11.7. The highest BCUT2D eigenvalue weighted by Gasteiger charge is 2.21. The van der Waals surface area contributed by atoms with Crippen molar-refractivity contribution in [3.05, 3.63) is 29.3 Å². The molecule has 2 amide bonds. The van der Waals surface area contributed by atoms with Crippen molar-refractivity contribution in [3.8, 4) is 0 Å². The summed E-state index contributed by atoms with van der Waals surface area (Å²) in [6.45, 7) is 0. The molecular weight excluding hydrogens is 300 g/mol. The highest BCUT2D eigenvalue weighted by Crippen LogP contribution is 2.14. The fraction of sp³-hybridized carbons (Fsp3) is 0.308. The lowest BCUT2D eigenvalue weighted by molar-refractivity contribution is -0.142. The zero-order valence-electron chi connectivity index (χ0n) is 11.3. The van der Waals surface area contributed by atoms with Gasteiger partial charge in [0.05, 0.1) is 7.11 Å². The molecule has 114 valence electrons. The molecule has 7 nitrogen and oxygen atoms in total. The summed E-state index contributed by atoms with van der Waals surface area (Å²) in [5.74, 6) is -1.78. The summed E-state index contributed by atoms with van der Waals surface area (Å²) in [6.07, 6.45) is -0.171. The number of aliphatic carboxylic acids is 1. The number of benzene rings is 1. The molecule has 0 radical (unpaired) electrons. The van der Waals surface area contributed by atoms with E-state index in [9.17, 15) is 14.4 Å². The minimum absolute atomic E-state index is 0.0645. The van der Waals surface area contributed by atoms with Crippen LogP contribution in [0.25, 0.3) is 0 Å². The predicted octanol–water partition coefficient (Wildman–Crippen LogP) is 1.87. The van der Waals surface area contributed by atoms with Gasteiger partial charge in [0, 0.05) is 17.1 Å². The van der Waals surface area contributed by atoms with Gasteiger partial charge in [-0.3, -0.25) is 4.79 Å². The maximum Gasteiger partial charge on any atom is 0.326 e. The number of hydrogen-bond acceptors (Lipinski definition) is 4. The van der Waals surface area contributed by atoms with E-state index in [2.05, 4.69) is 15.4 Å². The number of carboxylic acids is 1. The first kappa shape index (κ1) is 16.8. The van der Waals surface area contributed by atoms with Crippen LogP contribution in [0.1, 0.15) is 12.8 Å². The number of urea groups is 1. The number of nitrogens with one attached hydrogen (secondary N) is 2. The van der Waals surface area contributed by atoms with Crippen LogP contribution in [-0.4, -0.2) is 36.2 Å².